The van der Waals surface area contributed by atoms with Crippen LogP contribution in [0.25, 0.3) is 0 Å². The summed E-state index contributed by atoms with van der Waals surface area (Å²) in [5.74, 6) is 0.00940. The smallest absolute Gasteiger partial charge is 0.160 e. The molecule has 0 aromatic rings. The molecule has 0 aromatic heterocycles. The van der Waals surface area contributed by atoms with Gasteiger partial charge in [0.1, 0.15) is 6.79 Å². The molecule has 0 saturated carbocycles. The predicted molar refractivity (Wildman–Crippen MR) is 42.5 cm³/mol. The van der Waals surface area contributed by atoms with E-state index in [4.69, 9.17) is 14.2 Å². The first kappa shape index (κ1) is 9.92. The van der Waals surface area contributed by atoms with Crippen LogP contribution in [0, 0.1) is 5.92 Å². The molecule has 0 amide bonds. The molecule has 0 unspecified atom stereocenters. The van der Waals surface area contributed by atoms with Gasteiger partial charge in [-0.05, 0) is 6.92 Å². The van der Waals surface area contributed by atoms with Crippen LogP contribution in [0.15, 0.2) is 0 Å². The zero-order chi connectivity index (χ0) is 9.14. The zero-order valence-corrected chi connectivity index (χ0v) is 7.69. The first-order valence-corrected chi connectivity index (χ1v) is 4.11. The van der Waals surface area contributed by atoms with Crippen LogP contribution in [-0.4, -0.2) is 37.5 Å². The van der Waals surface area contributed by atoms with E-state index in [1.165, 1.54) is 0 Å². The van der Waals surface area contributed by atoms with Gasteiger partial charge in [-0.2, -0.15) is 0 Å². The molecule has 72 valence electrons. The van der Waals surface area contributed by atoms with Gasteiger partial charge in [0.15, 0.2) is 6.29 Å². The molecule has 0 aliphatic carbocycles. The number of ether oxygens (including phenoxy) is 3. The topological polar surface area (TPSA) is 47.9 Å². The Labute approximate surface area is 72.4 Å². The maximum absolute atomic E-state index is 9.29. The monoisotopic (exact) mass is 176 g/mol. The van der Waals surface area contributed by atoms with Gasteiger partial charge >= 0.3 is 0 Å². The van der Waals surface area contributed by atoms with Crippen molar-refractivity contribution in [3.05, 3.63) is 0 Å². The molecule has 4 nitrogen and oxygen atoms in total. The van der Waals surface area contributed by atoms with Gasteiger partial charge in [0, 0.05) is 13.0 Å². The Balaban J connectivity index is 2.40. The van der Waals surface area contributed by atoms with Crippen molar-refractivity contribution in [1.29, 1.82) is 0 Å². The molecule has 4 heteroatoms. The molecule has 1 aliphatic heterocycles. The van der Waals surface area contributed by atoms with Crippen molar-refractivity contribution >= 4 is 0 Å². The van der Waals surface area contributed by atoms with Crippen molar-refractivity contribution in [3.8, 4) is 0 Å². The maximum atomic E-state index is 9.29. The van der Waals surface area contributed by atoms with E-state index in [1.54, 1.807) is 7.11 Å². The number of aliphatic hydroxyl groups excluding tert-OH is 1. The summed E-state index contributed by atoms with van der Waals surface area (Å²) in [5, 5.41) is 9.29. The van der Waals surface area contributed by atoms with Crippen molar-refractivity contribution in [1.82, 2.24) is 0 Å². The van der Waals surface area contributed by atoms with Crippen molar-refractivity contribution in [2.45, 2.75) is 32.3 Å². The summed E-state index contributed by atoms with van der Waals surface area (Å²) in [4.78, 5) is 0. The minimum absolute atomic E-state index is 0.00940. The molecule has 1 aliphatic rings. The van der Waals surface area contributed by atoms with E-state index in [1.807, 2.05) is 13.8 Å². The Kier molecular flexibility index (Phi) is 3.46. The average Bonchev–Trinajstić information content (AvgIpc) is 2.25. The third-order valence-electron chi connectivity index (χ3n) is 2.16. The molecule has 0 radical (unpaired) electrons. The highest BCUT2D eigenvalue weighted by Crippen LogP contribution is 2.27. The zero-order valence-electron chi connectivity index (χ0n) is 7.69. The third-order valence-corrected chi connectivity index (χ3v) is 2.16. The van der Waals surface area contributed by atoms with Crippen LogP contribution in [0.4, 0.5) is 0 Å². The van der Waals surface area contributed by atoms with Crippen molar-refractivity contribution in [2.24, 2.45) is 5.92 Å². The standard InChI is InChI=1S/C8H16O4/c1-5-7(11-4-10-3)6(2)12-8(5)9/h5-9H,4H2,1-3H3/t5-,6+,7+,8-/m0/s1. The quantitative estimate of drug-likeness (QED) is 0.630. The normalized spacial score (nSPS) is 42.0. The molecule has 1 fully saturated rings. The Morgan fingerprint density at radius 1 is 1.42 bits per heavy atom. The van der Waals surface area contributed by atoms with Gasteiger partial charge < -0.3 is 19.3 Å². The highest BCUT2D eigenvalue weighted by Gasteiger charge is 2.39. The Hall–Kier alpha value is -0.160. The Morgan fingerprint density at radius 2 is 2.08 bits per heavy atom. The molecular weight excluding hydrogens is 160 g/mol. The minimum atomic E-state index is -0.707. The third kappa shape index (κ3) is 1.95. The summed E-state index contributed by atoms with van der Waals surface area (Å²) in [6.07, 6.45) is -0.841. The van der Waals surface area contributed by atoms with Gasteiger partial charge in [0.05, 0.1) is 12.2 Å². The van der Waals surface area contributed by atoms with E-state index >= 15 is 0 Å². The van der Waals surface area contributed by atoms with Gasteiger partial charge in [-0.1, -0.05) is 6.92 Å². The first-order chi connectivity index (χ1) is 5.66. The molecular formula is C8H16O4. The van der Waals surface area contributed by atoms with E-state index in [0.717, 1.165) is 0 Å². The molecule has 12 heavy (non-hydrogen) atoms. The molecule has 1 rings (SSSR count). The van der Waals surface area contributed by atoms with E-state index in [0.29, 0.717) is 0 Å². The van der Waals surface area contributed by atoms with Crippen LogP contribution in [0.5, 0.6) is 0 Å². The minimum Gasteiger partial charge on any atom is -0.368 e. The van der Waals surface area contributed by atoms with Gasteiger partial charge in [-0.25, -0.2) is 0 Å². The van der Waals surface area contributed by atoms with E-state index in [-0.39, 0.29) is 24.9 Å². The van der Waals surface area contributed by atoms with Gasteiger partial charge in [-0.15, -0.1) is 0 Å². The summed E-state index contributed by atoms with van der Waals surface area (Å²) in [6.45, 7) is 4.02. The van der Waals surface area contributed by atoms with E-state index in [9.17, 15) is 5.11 Å². The van der Waals surface area contributed by atoms with Gasteiger partial charge in [0.25, 0.3) is 0 Å². The highest BCUT2D eigenvalue weighted by atomic mass is 16.7. The van der Waals surface area contributed by atoms with E-state index in [2.05, 4.69) is 0 Å². The van der Waals surface area contributed by atoms with Crippen molar-refractivity contribution < 1.29 is 19.3 Å². The van der Waals surface area contributed by atoms with Crippen LogP contribution in [0.2, 0.25) is 0 Å². The highest BCUT2D eigenvalue weighted by molar-refractivity contribution is 4.81. The van der Waals surface area contributed by atoms with Crippen LogP contribution >= 0.6 is 0 Å². The summed E-state index contributed by atoms with van der Waals surface area (Å²) in [6, 6.07) is 0. The lowest BCUT2D eigenvalue weighted by Gasteiger charge is -2.17. The molecule has 1 heterocycles. The Morgan fingerprint density at radius 3 is 2.50 bits per heavy atom. The Bertz CT molecular complexity index is 139. The second-order valence-corrected chi connectivity index (χ2v) is 3.13. The largest absolute Gasteiger partial charge is 0.368 e. The molecule has 0 aromatic carbocycles. The van der Waals surface area contributed by atoms with Gasteiger partial charge in [-0.3, -0.25) is 0 Å². The van der Waals surface area contributed by atoms with Crippen molar-refractivity contribution in [2.75, 3.05) is 13.9 Å². The second-order valence-electron chi connectivity index (χ2n) is 3.13. The SMILES string of the molecule is COCO[C@@H]1[C@H](C)[C@@H](O)O[C@@H]1C. The molecule has 0 bridgehead atoms. The fourth-order valence-electron chi connectivity index (χ4n) is 1.44. The fraction of sp³-hybridized carbons (Fsp3) is 1.00. The lowest BCUT2D eigenvalue weighted by atomic mass is 10.0. The second kappa shape index (κ2) is 4.18. The summed E-state index contributed by atoms with van der Waals surface area (Å²) in [7, 11) is 1.57. The lowest BCUT2D eigenvalue weighted by Crippen LogP contribution is -2.28. The number of hydrogen-bond acceptors (Lipinski definition) is 4. The fourth-order valence-corrected chi connectivity index (χ4v) is 1.44. The van der Waals surface area contributed by atoms with Crippen LogP contribution in [-0.2, 0) is 14.2 Å². The number of aliphatic hydroxyl groups is 1. The number of methoxy groups -OCH3 is 1. The summed E-state index contributed by atoms with van der Waals surface area (Å²) >= 11 is 0. The van der Waals surface area contributed by atoms with Crippen LogP contribution in [0.3, 0.4) is 0 Å². The van der Waals surface area contributed by atoms with E-state index < -0.39 is 6.29 Å². The maximum Gasteiger partial charge on any atom is 0.160 e. The summed E-state index contributed by atoms with van der Waals surface area (Å²) < 4.78 is 15.3. The number of rotatable bonds is 3. The predicted octanol–water partition coefficient (Wildman–Crippen LogP) is 0.349. The van der Waals surface area contributed by atoms with Crippen molar-refractivity contribution in [3.63, 3.8) is 0 Å². The van der Waals surface area contributed by atoms with Crippen LogP contribution in [0.1, 0.15) is 13.8 Å². The van der Waals surface area contributed by atoms with Crippen LogP contribution < -0.4 is 0 Å². The molecule has 4 atom stereocenters. The molecule has 1 saturated heterocycles. The average molecular weight is 176 g/mol. The molecule has 1 N–H and O–H groups in total. The lowest BCUT2D eigenvalue weighted by molar-refractivity contribution is -0.108. The first-order valence-electron chi connectivity index (χ1n) is 4.11. The number of hydrogen-bond donors (Lipinski definition) is 1. The summed E-state index contributed by atoms with van der Waals surface area (Å²) in [5.41, 5.74) is 0. The van der Waals surface area contributed by atoms with Gasteiger partial charge in [0.2, 0.25) is 0 Å². The molecule has 0 spiro atoms.